The third kappa shape index (κ3) is 23.7. The Hall–Kier alpha value is -12.3. The van der Waals surface area contributed by atoms with Crippen LogP contribution in [0.15, 0.2) is 156 Å². The van der Waals surface area contributed by atoms with Crippen molar-refractivity contribution in [1.82, 2.24) is 0 Å². The van der Waals surface area contributed by atoms with Gasteiger partial charge in [-0.05, 0) is 95.1 Å². The standard InChI is InChI=1S/C84H86O43/c85-41-13-1-36(2-14-41)9-21-58(91)112-31-52-64(97)69(102)74(107)80(123-52)117-44-17-5-38(6-18-44)11-23-60(93)114-33-54-66(99)71(104)76(109)82(125-54)120-49-25-40(79-51(29-46-47(88)27-43(87)28-48(46)119-79)122-84-78(111)73(106)68(101)56(127-84)35-116-62(95)30-57(89)90)26-50(63(49)96)121-83-77(110)72(105)67(100)55(126-83)34-115-61(94)24-12-39-7-19-45(20-8-39)118-81-75(108)70(103)65(98)53(124-81)32-113-59(92)22-10-37-3-15-42(86)16-4-37/h1-29,52-56,64-78,80-84,97-111H,30-35H2,(H5-,85,86,87,88,89,90,91,92,96)/p+1/b23-11+,24-12+/t52-,53-,54-,55-,56-,64-,65-,66-,67-,68-,69+,70+,71+,72+,73+,74-,75-,76-,77-,78-,80-,81-,82-,83-,84-/m1/s1. The van der Waals surface area contributed by atoms with E-state index in [-0.39, 0.29) is 28.4 Å². The molecule has 12 rings (SSSR count). The molecule has 1 aromatic heterocycles. The highest BCUT2D eigenvalue weighted by Crippen LogP contribution is 2.48. The predicted molar refractivity (Wildman–Crippen MR) is 420 cm³/mol. The molecule has 5 aliphatic rings. The van der Waals surface area contributed by atoms with Crippen LogP contribution in [0.2, 0.25) is 0 Å². The number of fused-ring (bicyclic) bond motifs is 1. The molecule has 0 saturated carbocycles. The van der Waals surface area contributed by atoms with Crippen molar-refractivity contribution in [2.24, 2.45) is 0 Å². The maximum absolute atomic E-state index is 13.3. The Morgan fingerprint density at radius 2 is 0.614 bits per heavy atom. The number of hydrogen-bond acceptors (Lipinski definition) is 41. The number of phenolic OH excluding ortho intramolecular Hbond substituents is 5. The summed E-state index contributed by atoms with van der Waals surface area (Å²) < 4.78 is 90.5. The SMILES string of the molecule is O=C(O)CC(=O)OC[C@H]1O[C@@H](Oc2cc3c(O)cc(O)cc3[o+]c2-c2cc(O[C@@H]3O[C@H](COC(=O)/C=C/c4ccc(O[C@@H]5O[C@H](COC(=O)/C=C/c6ccc(O)cc6)[C@@H](O)[C@H](O)[C@H]5O)cc4)[C@@H](O)[C@H](O)[C@H]3O)c(O)c(O[C@@H]3O[C@H](COC(=O)/C=C/c4ccc(O[C@@H]5O[C@H](COC(=O)/C=C/c6ccc(O)cc6)[C@@H](O)[C@H](O)[C@H]5O)cc4)[C@@H](O)[C@H](O)[C@H]3O)c2)[C@H](O)[C@@H](O)[C@@H]1O. The number of esters is 5. The summed E-state index contributed by atoms with van der Waals surface area (Å²) in [6, 6.07) is 27.4. The molecule has 6 heterocycles. The molecule has 43 nitrogen and oxygen atoms in total. The highest BCUT2D eigenvalue weighted by atomic mass is 16.7. The molecule has 7 aromatic rings. The Kier molecular flexibility index (Phi) is 31.0. The first kappa shape index (κ1) is 93.9. The molecule has 680 valence electrons. The molecule has 0 unspecified atom stereocenters. The number of carbonyl (C=O) groups is 6. The van der Waals surface area contributed by atoms with Crippen molar-refractivity contribution >= 4 is 71.1 Å². The molecular weight excluding hydrogens is 1700 g/mol. The van der Waals surface area contributed by atoms with Gasteiger partial charge >= 0.3 is 47.2 Å². The minimum atomic E-state index is -2.30. The van der Waals surface area contributed by atoms with Crippen LogP contribution in [0.5, 0.6) is 57.5 Å². The second-order valence-corrected chi connectivity index (χ2v) is 29.2. The number of carbonyl (C=O) groups excluding carboxylic acids is 5. The molecule has 25 atom stereocenters. The lowest BCUT2D eigenvalue weighted by Crippen LogP contribution is -2.60. The number of aliphatic hydroxyl groups is 15. The van der Waals surface area contributed by atoms with Crippen molar-refractivity contribution < 1.29 is 211 Å². The monoisotopic (exact) mass is 1780 g/mol. The van der Waals surface area contributed by atoms with E-state index < -0.39 is 280 Å². The zero-order valence-electron chi connectivity index (χ0n) is 65.8. The van der Waals surface area contributed by atoms with Gasteiger partial charge in [-0.1, -0.05) is 48.5 Å². The van der Waals surface area contributed by atoms with Gasteiger partial charge in [0.25, 0.3) is 0 Å². The summed E-state index contributed by atoms with van der Waals surface area (Å²) in [5.74, 6) is -12.4. The van der Waals surface area contributed by atoms with Gasteiger partial charge in [-0.15, -0.1) is 0 Å². The summed E-state index contributed by atoms with van der Waals surface area (Å²) in [5, 5.41) is 227. The molecule has 6 aromatic carbocycles. The summed E-state index contributed by atoms with van der Waals surface area (Å²) in [6.07, 6.45) is -40.4. The van der Waals surface area contributed by atoms with Crippen LogP contribution >= 0.6 is 0 Å². The Morgan fingerprint density at radius 1 is 0.323 bits per heavy atom. The lowest BCUT2D eigenvalue weighted by molar-refractivity contribution is -0.279. The number of hydrogen-bond donors (Lipinski definition) is 21. The van der Waals surface area contributed by atoms with Crippen LogP contribution in [0.4, 0.5) is 0 Å². The first-order valence-electron chi connectivity index (χ1n) is 38.6. The van der Waals surface area contributed by atoms with Gasteiger partial charge < -0.3 is 178 Å². The first-order chi connectivity index (χ1) is 60.5. The van der Waals surface area contributed by atoms with Crippen LogP contribution in [0, 0.1) is 0 Å². The van der Waals surface area contributed by atoms with Gasteiger partial charge in [0, 0.05) is 48.6 Å². The molecule has 5 saturated heterocycles. The van der Waals surface area contributed by atoms with Crippen molar-refractivity contribution in [2.75, 3.05) is 33.0 Å². The van der Waals surface area contributed by atoms with Gasteiger partial charge in [0.05, 0.1) is 11.6 Å². The number of ether oxygens (including phenoxy) is 15. The molecule has 5 aliphatic heterocycles. The van der Waals surface area contributed by atoms with Gasteiger partial charge in [0.1, 0.15) is 201 Å². The van der Waals surface area contributed by atoms with Crippen molar-refractivity contribution in [3.8, 4) is 68.8 Å². The molecule has 43 heteroatoms. The van der Waals surface area contributed by atoms with Gasteiger partial charge in [0.2, 0.25) is 42.9 Å². The van der Waals surface area contributed by atoms with Crippen LogP contribution < -0.4 is 23.7 Å². The van der Waals surface area contributed by atoms with Crippen LogP contribution in [-0.2, 0) is 76.1 Å². The number of carboxylic acid groups (broad SMARTS) is 1. The highest BCUT2D eigenvalue weighted by Gasteiger charge is 2.52. The smallest absolute Gasteiger partial charge is 0.402 e. The van der Waals surface area contributed by atoms with E-state index >= 15 is 0 Å². The molecule has 0 radical (unpaired) electrons. The maximum Gasteiger partial charge on any atom is 0.402 e. The van der Waals surface area contributed by atoms with Crippen LogP contribution in [0.3, 0.4) is 0 Å². The van der Waals surface area contributed by atoms with Gasteiger partial charge in [-0.25, -0.2) is 23.6 Å². The second-order valence-electron chi connectivity index (χ2n) is 29.2. The third-order valence-electron chi connectivity index (χ3n) is 20.2. The van der Waals surface area contributed by atoms with Gasteiger partial charge in [0.15, 0.2) is 11.5 Å². The third-order valence-corrected chi connectivity index (χ3v) is 20.2. The Balaban J connectivity index is 0.741. The fraction of sp³-hybridized carbons (Fsp3) is 0.369. The summed E-state index contributed by atoms with van der Waals surface area (Å²) in [5.41, 5.74) is 0.848. The fourth-order valence-electron chi connectivity index (χ4n) is 13.1. The lowest BCUT2D eigenvalue weighted by Gasteiger charge is -2.40. The summed E-state index contributed by atoms with van der Waals surface area (Å²) in [6.45, 7) is -3.96. The quantitative estimate of drug-likeness (QED) is 0.00727. The number of rotatable bonds is 31. The Labute approximate surface area is 715 Å². The summed E-state index contributed by atoms with van der Waals surface area (Å²) >= 11 is 0. The van der Waals surface area contributed by atoms with E-state index in [1.54, 1.807) is 0 Å². The topological polar surface area (TPSA) is 677 Å². The largest absolute Gasteiger partial charge is 0.508 e. The van der Waals surface area contributed by atoms with Crippen molar-refractivity contribution in [1.29, 1.82) is 0 Å². The normalized spacial score (nSPS) is 29.7. The molecule has 0 aliphatic carbocycles. The zero-order valence-corrected chi connectivity index (χ0v) is 65.8. The number of carboxylic acids is 1. The molecule has 127 heavy (non-hydrogen) atoms. The molecule has 0 amide bonds. The summed E-state index contributed by atoms with van der Waals surface area (Å²) in [4.78, 5) is 75.1. The average Bonchev–Trinajstić information content (AvgIpc) is 0.759. The molecule has 21 N–H and O–H groups in total. The lowest BCUT2D eigenvalue weighted by atomic mass is 9.99. The Morgan fingerprint density at radius 3 is 0.929 bits per heavy atom. The first-order valence-corrected chi connectivity index (χ1v) is 38.6. The minimum absolute atomic E-state index is 0.00286. The minimum Gasteiger partial charge on any atom is -0.508 e. The van der Waals surface area contributed by atoms with Gasteiger partial charge in [-0.3, -0.25) is 9.59 Å². The molecular formula is C84H87O43+. The van der Waals surface area contributed by atoms with E-state index in [1.807, 2.05) is 0 Å². The van der Waals surface area contributed by atoms with Crippen molar-refractivity contribution in [3.63, 3.8) is 0 Å². The maximum atomic E-state index is 13.3. The molecule has 0 bridgehead atoms. The van der Waals surface area contributed by atoms with E-state index in [1.165, 1.54) is 121 Å². The summed E-state index contributed by atoms with van der Waals surface area (Å²) in [7, 11) is 0. The van der Waals surface area contributed by atoms with Crippen LogP contribution in [-0.4, -0.2) is 330 Å². The number of aromatic hydroxyl groups is 5. The van der Waals surface area contributed by atoms with Crippen LogP contribution in [0.1, 0.15) is 28.7 Å². The number of aliphatic hydroxyl groups excluding tert-OH is 15. The van der Waals surface area contributed by atoms with E-state index in [0.29, 0.717) is 22.3 Å². The molecule has 0 spiro atoms. The highest BCUT2D eigenvalue weighted by molar-refractivity contribution is 5.91. The van der Waals surface area contributed by atoms with Crippen molar-refractivity contribution in [2.45, 2.75) is 160 Å². The Bertz CT molecular complexity index is 4870. The van der Waals surface area contributed by atoms with E-state index in [2.05, 4.69) is 0 Å². The number of benzene rings is 6. The van der Waals surface area contributed by atoms with Crippen molar-refractivity contribution in [3.05, 3.63) is 174 Å². The van der Waals surface area contributed by atoms with E-state index in [0.717, 1.165) is 54.6 Å². The number of phenols is 5. The fourth-order valence-corrected chi connectivity index (χ4v) is 13.1. The molecule has 5 fully saturated rings. The average molecular weight is 1780 g/mol. The zero-order chi connectivity index (χ0) is 91.4. The predicted octanol–water partition coefficient (Wildman–Crippen LogP) is -2.11. The second kappa shape index (κ2) is 41.9. The van der Waals surface area contributed by atoms with E-state index in [9.17, 15) is 131 Å². The number of aliphatic carboxylic acids is 1. The van der Waals surface area contributed by atoms with Crippen LogP contribution in [0.25, 0.3) is 46.6 Å². The van der Waals surface area contributed by atoms with E-state index in [4.69, 9.17) is 80.6 Å². The van der Waals surface area contributed by atoms with Gasteiger partial charge in [-0.2, -0.15) is 0 Å².